The van der Waals surface area contributed by atoms with E-state index in [1.54, 1.807) is 0 Å². The first-order valence-electron chi connectivity index (χ1n) is 0.447. The van der Waals surface area contributed by atoms with Gasteiger partial charge in [-0.1, -0.05) is 0 Å². The predicted molar refractivity (Wildman–Crippen MR) is 11.3 cm³/mol. The molecule has 0 aliphatic heterocycles. The summed E-state index contributed by atoms with van der Waals surface area (Å²) < 4.78 is 0. The van der Waals surface area contributed by atoms with Crippen molar-refractivity contribution in [2.24, 2.45) is 0 Å². The number of hydrogen-bond acceptors (Lipinski definition) is 2. The molecule has 0 rings (SSSR count). The monoisotopic (exact) mass is 160 g/mol. The Kier molecular flexibility index (Phi) is 1550. The van der Waals surface area contributed by atoms with Crippen LogP contribution in [-0.2, 0) is 22.4 Å². The van der Waals surface area contributed by atoms with E-state index in [1.165, 1.54) is 0 Å². The van der Waals surface area contributed by atoms with Crippen LogP contribution in [0, 0.1) is 23.7 Å². The molecule has 0 aromatic rings. The molecule has 0 N–H and O–H groups in total. The van der Waals surface area contributed by atoms with Crippen LogP contribution in [0.3, 0.4) is 0 Å². The molecule has 0 bridgehead atoms. The molecule has 0 amide bonds. The van der Waals surface area contributed by atoms with E-state index >= 15 is 0 Å². The zero-order valence-corrected chi connectivity index (χ0v) is 3.77. The Hall–Kier alpha value is -0.280. The van der Waals surface area contributed by atoms with E-state index in [1.807, 2.05) is 0 Å². The van der Waals surface area contributed by atoms with Gasteiger partial charge in [-0.3, -0.25) is 0 Å². The van der Waals surface area contributed by atoms with Gasteiger partial charge in [-0.25, -0.2) is 0 Å². The van der Waals surface area contributed by atoms with Crippen molar-refractivity contribution in [3.63, 3.8) is 0 Å². The molecule has 0 fully saturated rings. The van der Waals surface area contributed by atoms with E-state index in [-0.39, 0.29) is 22.4 Å². The summed E-state index contributed by atoms with van der Waals surface area (Å²) in [7, 11) is 0. The quantitative estimate of drug-likeness (QED) is 0.368. The van der Waals surface area contributed by atoms with Crippen LogP contribution in [0.5, 0.6) is 0 Å². The van der Waals surface area contributed by atoms with Gasteiger partial charge in [-0.15, -0.1) is 0 Å². The van der Waals surface area contributed by atoms with Crippen LogP contribution < -0.4 is 0 Å². The van der Waals surface area contributed by atoms with Crippen molar-refractivity contribution in [2.75, 3.05) is 0 Å². The van der Waals surface area contributed by atoms with Gasteiger partial charge < -0.3 is 23.7 Å². The maximum Gasteiger partial charge on any atom is -0.488 e. The molecule has 2 nitrogen and oxygen atoms in total. The van der Waals surface area contributed by atoms with Crippen LogP contribution in [0.2, 0.25) is 0 Å². The Bertz CT molecular complexity index is 23.1. The topological polar surface area (TPSA) is 47.6 Å². The maximum absolute atomic E-state index is 6.25. The third-order valence-corrected chi connectivity index (χ3v) is 0. The zero-order chi connectivity index (χ0) is 4.00. The number of rotatable bonds is 0. The normalized spacial score (nSPS) is 0.800. The first-order valence-corrected chi connectivity index (χ1v) is 0.447. The van der Waals surface area contributed by atoms with Crippen molar-refractivity contribution in [1.29, 1.82) is 10.5 Å². The fourth-order valence-electron chi connectivity index (χ4n) is 0. The van der Waals surface area contributed by atoms with Gasteiger partial charge in [0.1, 0.15) is 0 Å². The van der Waals surface area contributed by atoms with E-state index in [9.17, 15) is 0 Å². The van der Waals surface area contributed by atoms with Gasteiger partial charge in [0, 0.05) is 0 Å². The smallest absolute Gasteiger partial charge is 0.488 e. The molecule has 0 aliphatic rings. The Labute approximate surface area is 46.5 Å². The average molecular weight is 161 g/mol. The van der Waals surface area contributed by atoms with Crippen molar-refractivity contribution < 1.29 is 22.4 Å². The second kappa shape index (κ2) is 352. The predicted octanol–water partition coefficient (Wildman–Crippen LogP) is -0.0775. The summed E-state index contributed by atoms with van der Waals surface area (Å²) in [5.41, 5.74) is 0. The Morgan fingerprint density at radius 3 is 0.800 bits per heavy atom. The van der Waals surface area contributed by atoms with Crippen molar-refractivity contribution in [1.82, 2.24) is 0 Å². The van der Waals surface area contributed by atoms with Crippen molar-refractivity contribution in [3.05, 3.63) is 13.1 Å². The summed E-state index contributed by atoms with van der Waals surface area (Å²) in [6, 6.07) is 0. The molecule has 0 aromatic carbocycles. The summed E-state index contributed by atoms with van der Waals surface area (Å²) >= 11 is 0. The SMILES string of the molecule is [AgH].[C-]#N.[C-]#N. The molecule has 0 atom stereocenters. The largest absolute Gasteiger partial charge is 0.512 e. The first-order chi connectivity index (χ1) is 2.00. The van der Waals surface area contributed by atoms with Gasteiger partial charge in [0.2, 0.25) is 0 Å². The minimum absolute atomic E-state index is 0. The standard InChI is InChI=1S/2CN.Ag.H/c2*1-2;;/q2*-1;;. The fraction of sp³-hybridized carbons (Fsp3) is 0. The van der Waals surface area contributed by atoms with Gasteiger partial charge in [0.25, 0.3) is 0 Å². The number of hydrogen-bond donors (Lipinski definition) is 0. The molecular weight excluding hydrogens is 160 g/mol. The molecule has 5 heavy (non-hydrogen) atoms. The molecule has 32 valence electrons. The minimum atomic E-state index is 0. The first kappa shape index (κ1) is 22.1. The third kappa shape index (κ3) is 141. The molecule has 0 unspecified atom stereocenters. The Balaban J connectivity index is -0.0000000133. The van der Waals surface area contributed by atoms with E-state index in [0.717, 1.165) is 0 Å². The van der Waals surface area contributed by atoms with Crippen LogP contribution >= 0.6 is 0 Å². The van der Waals surface area contributed by atoms with Crippen molar-refractivity contribution in [3.8, 4) is 0 Å². The van der Waals surface area contributed by atoms with Crippen LogP contribution in [-0.4, -0.2) is 0 Å². The summed E-state index contributed by atoms with van der Waals surface area (Å²) in [5, 5.41) is 12.5. The second-order valence-corrected chi connectivity index (χ2v) is 0. The van der Waals surface area contributed by atoms with E-state index < -0.39 is 0 Å². The summed E-state index contributed by atoms with van der Waals surface area (Å²) in [6.45, 7) is 9.50. The van der Waals surface area contributed by atoms with Gasteiger partial charge >= 0.3 is 22.4 Å². The maximum atomic E-state index is 6.25. The molecule has 0 saturated heterocycles. The zero-order valence-electron chi connectivity index (χ0n) is 2.21. The second-order valence-electron chi connectivity index (χ2n) is 0. The third-order valence-electron chi connectivity index (χ3n) is 0. The van der Waals surface area contributed by atoms with E-state index in [4.69, 9.17) is 23.7 Å². The molecular formula is C2HAgN2-2. The van der Waals surface area contributed by atoms with Crippen LogP contribution in [0.4, 0.5) is 0 Å². The molecule has 0 aromatic heterocycles. The Morgan fingerprint density at radius 2 is 0.800 bits per heavy atom. The Morgan fingerprint density at radius 1 is 0.800 bits per heavy atom. The van der Waals surface area contributed by atoms with E-state index in [0.29, 0.717) is 0 Å². The van der Waals surface area contributed by atoms with E-state index in [2.05, 4.69) is 0 Å². The molecule has 0 saturated carbocycles. The van der Waals surface area contributed by atoms with Gasteiger partial charge in [0.15, 0.2) is 0 Å². The molecule has 0 spiro atoms. The molecule has 0 heterocycles. The average Bonchev–Trinajstić information content (AvgIpc) is 1.50. The molecule has 1 radical (unpaired) electrons. The number of nitrogens with zero attached hydrogens (tertiary/aromatic N) is 2. The van der Waals surface area contributed by atoms with Crippen LogP contribution in [0.15, 0.2) is 0 Å². The summed E-state index contributed by atoms with van der Waals surface area (Å²) in [6.07, 6.45) is 0. The van der Waals surface area contributed by atoms with Gasteiger partial charge in [-0.2, -0.15) is 0 Å². The minimum Gasteiger partial charge on any atom is -0.512 e. The summed E-state index contributed by atoms with van der Waals surface area (Å²) in [5.74, 6) is 0. The molecule has 3 heteroatoms. The molecule has 0 aliphatic carbocycles. The van der Waals surface area contributed by atoms with Gasteiger partial charge in [-0.05, 0) is 0 Å². The fourth-order valence-corrected chi connectivity index (χ4v) is 0. The van der Waals surface area contributed by atoms with Crippen LogP contribution in [0.25, 0.3) is 0 Å². The van der Waals surface area contributed by atoms with Gasteiger partial charge in [0.05, 0.1) is 0 Å². The van der Waals surface area contributed by atoms with Crippen LogP contribution in [0.1, 0.15) is 0 Å². The van der Waals surface area contributed by atoms with Crippen molar-refractivity contribution in [2.45, 2.75) is 0 Å². The summed E-state index contributed by atoms with van der Waals surface area (Å²) in [4.78, 5) is 0. The van der Waals surface area contributed by atoms with Crippen molar-refractivity contribution >= 4 is 0 Å².